The zero-order valence-electron chi connectivity index (χ0n) is 19.3. The lowest BCUT2D eigenvalue weighted by Crippen LogP contribution is -2.56. The molecular weight excluding hydrogens is 478 g/mol. The second-order valence-corrected chi connectivity index (χ2v) is 7.82. The van der Waals surface area contributed by atoms with E-state index in [2.05, 4.69) is 0 Å². The summed E-state index contributed by atoms with van der Waals surface area (Å²) in [6.45, 7) is 3.21. The van der Waals surface area contributed by atoms with Crippen molar-refractivity contribution in [3.63, 3.8) is 0 Å². The molecule has 0 spiro atoms. The minimum Gasteiger partial charge on any atom is -0.462 e. The van der Waals surface area contributed by atoms with Gasteiger partial charge in [0.25, 0.3) is 0 Å². The van der Waals surface area contributed by atoms with Gasteiger partial charge < -0.3 is 9.47 Å². The summed E-state index contributed by atoms with van der Waals surface area (Å²) >= 11 is 0. The number of halogens is 6. The van der Waals surface area contributed by atoms with E-state index < -0.39 is 52.0 Å². The van der Waals surface area contributed by atoms with Gasteiger partial charge in [0, 0.05) is 0 Å². The van der Waals surface area contributed by atoms with E-state index in [0.717, 1.165) is 36.4 Å². The van der Waals surface area contributed by atoms with Crippen LogP contribution in [0.3, 0.4) is 0 Å². The van der Waals surface area contributed by atoms with Crippen molar-refractivity contribution < 1.29 is 45.4 Å². The van der Waals surface area contributed by atoms with Crippen LogP contribution in [0.1, 0.15) is 71.4 Å². The molecule has 0 saturated heterocycles. The number of carbonyl (C=O) groups excluding carboxylic acids is 2. The molecule has 2 aromatic rings. The van der Waals surface area contributed by atoms with Crippen LogP contribution in [-0.2, 0) is 14.9 Å². The van der Waals surface area contributed by atoms with Gasteiger partial charge in [0.1, 0.15) is 0 Å². The Morgan fingerprint density at radius 1 is 0.657 bits per heavy atom. The zero-order chi connectivity index (χ0) is 26.3. The summed E-state index contributed by atoms with van der Waals surface area (Å²) < 4.78 is 98.2. The number of ether oxygens (including phenoxy) is 2. The third-order valence-electron chi connectivity index (χ3n) is 5.41. The van der Waals surface area contributed by atoms with Crippen molar-refractivity contribution in [1.29, 1.82) is 0 Å². The van der Waals surface area contributed by atoms with E-state index in [4.69, 9.17) is 9.47 Å². The molecule has 0 heterocycles. The molecule has 0 aliphatic carbocycles. The first-order chi connectivity index (χ1) is 16.4. The van der Waals surface area contributed by atoms with Crippen LogP contribution in [0, 0.1) is 0 Å². The molecule has 0 saturated carbocycles. The van der Waals surface area contributed by atoms with Crippen LogP contribution in [0.2, 0.25) is 0 Å². The maximum absolute atomic E-state index is 14.7. The lowest BCUT2D eigenvalue weighted by molar-refractivity contribution is -0.288. The summed E-state index contributed by atoms with van der Waals surface area (Å²) in [5.74, 6) is -2.65. The number of carbonyl (C=O) groups is 2. The standard InChI is InChI=1S/C25H26F6O4/c1-3-5-15-34-21(32)17-11-7-9-13-19(17)23(24(26,27)28,25(29,30)31)20-14-10-8-12-18(20)22(33)35-16-6-4-2/h7-14H,3-6,15-16H2,1-2H3. The molecule has 4 nitrogen and oxygen atoms in total. The van der Waals surface area contributed by atoms with E-state index in [1.807, 2.05) is 0 Å². The highest BCUT2D eigenvalue weighted by Gasteiger charge is 2.74. The highest BCUT2D eigenvalue weighted by molar-refractivity contribution is 5.94. The average molecular weight is 504 g/mol. The van der Waals surface area contributed by atoms with Crippen LogP contribution in [0.15, 0.2) is 48.5 Å². The van der Waals surface area contributed by atoms with Gasteiger partial charge in [-0.05, 0) is 36.1 Å². The van der Waals surface area contributed by atoms with Gasteiger partial charge in [-0.2, -0.15) is 26.3 Å². The zero-order valence-corrected chi connectivity index (χ0v) is 19.3. The molecule has 0 amide bonds. The monoisotopic (exact) mass is 504 g/mol. The molecule has 2 aromatic carbocycles. The van der Waals surface area contributed by atoms with E-state index in [9.17, 15) is 35.9 Å². The van der Waals surface area contributed by atoms with E-state index in [1.165, 1.54) is 0 Å². The molecule has 0 radical (unpaired) electrons. The largest absolute Gasteiger partial charge is 0.462 e. The Kier molecular flexibility index (Phi) is 9.34. The molecule has 0 unspecified atom stereocenters. The van der Waals surface area contributed by atoms with Gasteiger partial charge in [-0.15, -0.1) is 0 Å². The minimum atomic E-state index is -6.00. The molecule has 0 fully saturated rings. The second-order valence-electron chi connectivity index (χ2n) is 7.82. The summed E-state index contributed by atoms with van der Waals surface area (Å²) in [5.41, 5.74) is -9.26. The third-order valence-corrected chi connectivity index (χ3v) is 5.41. The van der Waals surface area contributed by atoms with Crippen LogP contribution in [0.5, 0.6) is 0 Å². The first kappa shape index (κ1) is 28.2. The van der Waals surface area contributed by atoms with E-state index in [1.54, 1.807) is 13.8 Å². The average Bonchev–Trinajstić information content (AvgIpc) is 2.78. The molecule has 10 heteroatoms. The molecular formula is C25H26F6O4. The third kappa shape index (κ3) is 5.79. The van der Waals surface area contributed by atoms with Gasteiger partial charge in [0.15, 0.2) is 0 Å². The predicted octanol–water partition coefficient (Wildman–Crippen LogP) is 7.01. The molecule has 0 bridgehead atoms. The van der Waals surface area contributed by atoms with Gasteiger partial charge in [-0.1, -0.05) is 63.1 Å². The fourth-order valence-electron chi connectivity index (χ4n) is 3.67. The summed E-state index contributed by atoms with van der Waals surface area (Å²) in [7, 11) is 0. The molecule has 35 heavy (non-hydrogen) atoms. The van der Waals surface area contributed by atoms with Crippen molar-refractivity contribution >= 4 is 11.9 Å². The van der Waals surface area contributed by atoms with Gasteiger partial charge in [-0.25, -0.2) is 9.59 Å². The van der Waals surface area contributed by atoms with Crippen molar-refractivity contribution in [2.45, 2.75) is 57.3 Å². The summed E-state index contributed by atoms with van der Waals surface area (Å²) in [5, 5.41) is 0. The Hall–Kier alpha value is -3.04. The van der Waals surface area contributed by atoms with Gasteiger partial charge in [-0.3, -0.25) is 0 Å². The molecule has 0 atom stereocenters. The highest BCUT2D eigenvalue weighted by Crippen LogP contribution is 2.57. The predicted molar refractivity (Wildman–Crippen MR) is 116 cm³/mol. The number of hydrogen-bond acceptors (Lipinski definition) is 4. The lowest BCUT2D eigenvalue weighted by atomic mass is 9.69. The van der Waals surface area contributed by atoms with Crippen LogP contribution >= 0.6 is 0 Å². The van der Waals surface area contributed by atoms with E-state index >= 15 is 0 Å². The fourth-order valence-corrected chi connectivity index (χ4v) is 3.67. The highest BCUT2D eigenvalue weighted by atomic mass is 19.4. The second kappa shape index (κ2) is 11.6. The fraction of sp³-hybridized carbons (Fsp3) is 0.440. The number of alkyl halides is 6. The maximum Gasteiger partial charge on any atom is 0.411 e. The van der Waals surface area contributed by atoms with Crippen LogP contribution in [-0.4, -0.2) is 37.5 Å². The van der Waals surface area contributed by atoms with Crippen molar-refractivity contribution in [1.82, 2.24) is 0 Å². The van der Waals surface area contributed by atoms with Gasteiger partial charge in [0.2, 0.25) is 5.41 Å². The quantitative estimate of drug-likeness (QED) is 0.198. The number of rotatable bonds is 10. The Morgan fingerprint density at radius 2 is 1.00 bits per heavy atom. The topological polar surface area (TPSA) is 52.6 Å². The smallest absolute Gasteiger partial charge is 0.411 e. The summed E-state index contributed by atoms with van der Waals surface area (Å²) in [6, 6.07) is 7.06. The number of benzene rings is 2. The molecule has 0 N–H and O–H groups in total. The van der Waals surface area contributed by atoms with Crippen LogP contribution < -0.4 is 0 Å². The molecule has 0 aliphatic rings. The SMILES string of the molecule is CCCCOC(=O)c1ccccc1C(c1ccccc1C(=O)OCCCC)(C(F)(F)F)C(F)(F)F. The van der Waals surface area contributed by atoms with E-state index in [-0.39, 0.29) is 13.2 Å². The molecule has 0 aromatic heterocycles. The molecule has 192 valence electrons. The number of hydrogen-bond donors (Lipinski definition) is 0. The Bertz CT molecular complexity index is 932. The molecule has 2 rings (SSSR count). The Balaban J connectivity index is 2.86. The minimum absolute atomic E-state index is 0.172. The summed E-state index contributed by atoms with van der Waals surface area (Å²) in [6.07, 6.45) is -10.0. The van der Waals surface area contributed by atoms with Crippen molar-refractivity contribution in [2.75, 3.05) is 13.2 Å². The van der Waals surface area contributed by atoms with Crippen LogP contribution in [0.25, 0.3) is 0 Å². The Labute approximate surface area is 199 Å². The Morgan fingerprint density at radius 3 is 1.31 bits per heavy atom. The lowest BCUT2D eigenvalue weighted by Gasteiger charge is -2.39. The van der Waals surface area contributed by atoms with E-state index in [0.29, 0.717) is 37.8 Å². The normalized spacial score (nSPS) is 12.3. The molecule has 0 aliphatic heterocycles. The first-order valence-electron chi connectivity index (χ1n) is 11.1. The van der Waals surface area contributed by atoms with Crippen molar-refractivity contribution in [3.05, 3.63) is 70.8 Å². The number of unbranched alkanes of at least 4 members (excludes halogenated alkanes) is 2. The van der Waals surface area contributed by atoms with Crippen molar-refractivity contribution in [3.8, 4) is 0 Å². The number of esters is 2. The van der Waals surface area contributed by atoms with Crippen molar-refractivity contribution in [2.24, 2.45) is 0 Å². The van der Waals surface area contributed by atoms with Crippen LogP contribution in [0.4, 0.5) is 26.3 Å². The first-order valence-corrected chi connectivity index (χ1v) is 11.1. The van der Waals surface area contributed by atoms with Gasteiger partial charge in [0.05, 0.1) is 24.3 Å². The van der Waals surface area contributed by atoms with Gasteiger partial charge >= 0.3 is 24.3 Å². The summed E-state index contributed by atoms with van der Waals surface area (Å²) in [4.78, 5) is 25.2. The maximum atomic E-state index is 14.7.